The number of aryl methyl sites for hydroxylation is 2. The van der Waals surface area contributed by atoms with Crippen molar-refractivity contribution in [2.75, 3.05) is 0 Å². The van der Waals surface area contributed by atoms with Gasteiger partial charge in [-0.2, -0.15) is 0 Å². The molecular weight excluding hydrogens is 314 g/mol. The highest BCUT2D eigenvalue weighted by Gasteiger charge is 2.16. The third-order valence-electron chi connectivity index (χ3n) is 4.48. The predicted molar refractivity (Wildman–Crippen MR) is 99.2 cm³/mol. The van der Waals surface area contributed by atoms with E-state index in [9.17, 15) is 9.59 Å². The minimum atomic E-state index is -0.193. The van der Waals surface area contributed by atoms with Crippen molar-refractivity contribution in [3.8, 4) is 0 Å². The number of allylic oxidation sites excluding steroid dienone is 1. The maximum absolute atomic E-state index is 12.7. The van der Waals surface area contributed by atoms with Crippen LogP contribution in [0.5, 0.6) is 0 Å². The van der Waals surface area contributed by atoms with E-state index < -0.39 is 0 Å². The van der Waals surface area contributed by atoms with Crippen molar-refractivity contribution in [3.63, 3.8) is 0 Å². The molecule has 0 fully saturated rings. The fraction of sp³-hybridized carbons (Fsp3) is 0.250. The van der Waals surface area contributed by atoms with Gasteiger partial charge in [0.25, 0.3) is 5.56 Å². The lowest BCUT2D eigenvalue weighted by atomic mass is 10.1. The SMILES string of the molecule is C=CCn1c(C)cc(C(=O)Cn2cnc3ccc(C)cc3c2=O)c1C. The van der Waals surface area contributed by atoms with Crippen LogP contribution in [0, 0.1) is 20.8 Å². The van der Waals surface area contributed by atoms with E-state index in [0.717, 1.165) is 17.0 Å². The Hall–Kier alpha value is -2.95. The summed E-state index contributed by atoms with van der Waals surface area (Å²) in [5, 5.41) is 0.535. The van der Waals surface area contributed by atoms with Crippen LogP contribution >= 0.6 is 0 Å². The first-order valence-electron chi connectivity index (χ1n) is 8.19. The number of rotatable bonds is 5. The van der Waals surface area contributed by atoms with Crippen LogP contribution in [0.15, 0.2) is 48.0 Å². The Kier molecular flexibility index (Phi) is 4.40. The molecule has 0 saturated heterocycles. The van der Waals surface area contributed by atoms with Gasteiger partial charge in [-0.25, -0.2) is 4.98 Å². The summed E-state index contributed by atoms with van der Waals surface area (Å²) in [6.07, 6.45) is 3.25. The van der Waals surface area contributed by atoms with E-state index in [2.05, 4.69) is 11.6 Å². The molecule has 3 rings (SSSR count). The zero-order chi connectivity index (χ0) is 18.1. The van der Waals surface area contributed by atoms with Crippen molar-refractivity contribution in [1.29, 1.82) is 0 Å². The van der Waals surface area contributed by atoms with E-state index in [1.165, 1.54) is 10.9 Å². The fourth-order valence-electron chi connectivity index (χ4n) is 3.12. The Morgan fingerprint density at radius 1 is 1.24 bits per heavy atom. The predicted octanol–water partition coefficient (Wildman–Crippen LogP) is 3.19. The summed E-state index contributed by atoms with van der Waals surface area (Å²) >= 11 is 0. The lowest BCUT2D eigenvalue weighted by molar-refractivity contribution is 0.0970. The summed E-state index contributed by atoms with van der Waals surface area (Å²) in [6, 6.07) is 7.41. The van der Waals surface area contributed by atoms with E-state index in [4.69, 9.17) is 0 Å². The second-order valence-electron chi connectivity index (χ2n) is 6.31. The quantitative estimate of drug-likeness (QED) is 0.531. The fourth-order valence-corrected chi connectivity index (χ4v) is 3.12. The highest BCUT2D eigenvalue weighted by Crippen LogP contribution is 2.16. The molecule has 0 radical (unpaired) electrons. The molecule has 0 unspecified atom stereocenters. The van der Waals surface area contributed by atoms with E-state index >= 15 is 0 Å². The van der Waals surface area contributed by atoms with Crippen LogP contribution < -0.4 is 5.56 Å². The summed E-state index contributed by atoms with van der Waals surface area (Å²) in [7, 11) is 0. The number of fused-ring (bicyclic) bond motifs is 1. The van der Waals surface area contributed by atoms with Gasteiger partial charge in [0, 0.05) is 23.5 Å². The lowest BCUT2D eigenvalue weighted by Crippen LogP contribution is -2.25. The van der Waals surface area contributed by atoms with E-state index in [1.807, 2.05) is 49.6 Å². The van der Waals surface area contributed by atoms with Gasteiger partial charge in [0.1, 0.15) is 0 Å². The molecule has 0 N–H and O–H groups in total. The van der Waals surface area contributed by atoms with Crippen LogP contribution in [0.3, 0.4) is 0 Å². The monoisotopic (exact) mass is 335 g/mol. The summed E-state index contributed by atoms with van der Waals surface area (Å²) in [5.41, 5.74) is 3.96. The molecule has 0 amide bonds. The molecular formula is C20H21N3O2. The van der Waals surface area contributed by atoms with Gasteiger partial charge in [-0.05, 0) is 39.0 Å². The molecule has 0 saturated carbocycles. The molecule has 2 aromatic heterocycles. The first-order valence-corrected chi connectivity index (χ1v) is 8.19. The standard InChI is InChI=1S/C20H21N3O2/c1-5-8-23-14(3)10-16(15(23)4)19(24)11-22-12-21-18-7-6-13(2)9-17(18)20(22)25/h5-7,9-10,12H,1,8,11H2,2-4H3. The van der Waals surface area contributed by atoms with Gasteiger partial charge in [-0.3, -0.25) is 14.2 Å². The molecule has 25 heavy (non-hydrogen) atoms. The molecule has 1 aromatic carbocycles. The molecule has 2 heterocycles. The van der Waals surface area contributed by atoms with Crippen LogP contribution in [0.4, 0.5) is 0 Å². The van der Waals surface area contributed by atoms with Crippen LogP contribution in [0.1, 0.15) is 27.3 Å². The van der Waals surface area contributed by atoms with Crippen LogP contribution in [-0.2, 0) is 13.1 Å². The van der Waals surface area contributed by atoms with Gasteiger partial charge in [-0.15, -0.1) is 6.58 Å². The first-order chi connectivity index (χ1) is 11.9. The second-order valence-corrected chi connectivity index (χ2v) is 6.31. The Bertz CT molecular complexity index is 1040. The first kappa shape index (κ1) is 16.9. The summed E-state index contributed by atoms with van der Waals surface area (Å²) in [4.78, 5) is 29.7. The number of hydrogen-bond acceptors (Lipinski definition) is 3. The van der Waals surface area contributed by atoms with Gasteiger partial charge in [0.2, 0.25) is 0 Å². The topological polar surface area (TPSA) is 56.9 Å². The molecule has 0 bridgehead atoms. The average Bonchev–Trinajstić information content (AvgIpc) is 2.86. The van der Waals surface area contributed by atoms with Crippen LogP contribution in [-0.4, -0.2) is 19.9 Å². The molecule has 0 atom stereocenters. The molecule has 3 aromatic rings. The number of benzene rings is 1. The zero-order valence-corrected chi connectivity index (χ0v) is 14.7. The Labute approximate surface area is 146 Å². The molecule has 128 valence electrons. The van der Waals surface area contributed by atoms with E-state index in [0.29, 0.717) is 23.0 Å². The number of carbonyl (C=O) groups excluding carboxylic acids is 1. The second kappa shape index (κ2) is 6.51. The average molecular weight is 335 g/mol. The summed E-state index contributed by atoms with van der Waals surface area (Å²) in [6.45, 7) is 10.2. The molecule has 0 aliphatic rings. The smallest absolute Gasteiger partial charge is 0.261 e. The zero-order valence-electron chi connectivity index (χ0n) is 14.7. The Balaban J connectivity index is 1.98. The maximum Gasteiger partial charge on any atom is 0.261 e. The highest BCUT2D eigenvalue weighted by atomic mass is 16.1. The maximum atomic E-state index is 12.7. The molecule has 0 aliphatic carbocycles. The van der Waals surface area contributed by atoms with Crippen LogP contribution in [0.2, 0.25) is 0 Å². The lowest BCUT2D eigenvalue weighted by Gasteiger charge is -2.08. The van der Waals surface area contributed by atoms with Gasteiger partial charge in [-0.1, -0.05) is 17.7 Å². The van der Waals surface area contributed by atoms with Crippen molar-refractivity contribution in [1.82, 2.24) is 14.1 Å². The van der Waals surface area contributed by atoms with Gasteiger partial charge >= 0.3 is 0 Å². The normalized spacial score (nSPS) is 11.0. The number of nitrogens with zero attached hydrogens (tertiary/aromatic N) is 3. The van der Waals surface area contributed by atoms with Crippen molar-refractivity contribution in [3.05, 3.63) is 76.1 Å². The third-order valence-corrected chi connectivity index (χ3v) is 4.48. The molecule has 0 aliphatic heterocycles. The summed E-state index contributed by atoms with van der Waals surface area (Å²) < 4.78 is 3.41. The molecule has 5 nitrogen and oxygen atoms in total. The van der Waals surface area contributed by atoms with Gasteiger partial charge in [0.05, 0.1) is 23.8 Å². The van der Waals surface area contributed by atoms with E-state index in [-0.39, 0.29) is 17.9 Å². The van der Waals surface area contributed by atoms with E-state index in [1.54, 1.807) is 6.08 Å². The highest BCUT2D eigenvalue weighted by molar-refractivity contribution is 5.97. The molecule has 0 spiro atoms. The largest absolute Gasteiger partial charge is 0.345 e. The van der Waals surface area contributed by atoms with Gasteiger partial charge < -0.3 is 4.57 Å². The summed E-state index contributed by atoms with van der Waals surface area (Å²) in [5.74, 6) is -0.0979. The third kappa shape index (κ3) is 3.05. The number of hydrogen-bond donors (Lipinski definition) is 0. The Morgan fingerprint density at radius 3 is 2.72 bits per heavy atom. The molecule has 5 heteroatoms. The van der Waals surface area contributed by atoms with Crippen molar-refractivity contribution in [2.24, 2.45) is 0 Å². The number of ketones is 1. The van der Waals surface area contributed by atoms with Gasteiger partial charge in [0.15, 0.2) is 5.78 Å². The number of carbonyl (C=O) groups is 1. The van der Waals surface area contributed by atoms with Crippen molar-refractivity contribution in [2.45, 2.75) is 33.9 Å². The van der Waals surface area contributed by atoms with Crippen LogP contribution in [0.25, 0.3) is 10.9 Å². The van der Waals surface area contributed by atoms with Crippen molar-refractivity contribution >= 4 is 16.7 Å². The number of aromatic nitrogens is 3. The number of Topliss-reactive ketones (excluding diaryl/α,β-unsaturated/α-hetero) is 1. The Morgan fingerprint density at radius 2 is 2.00 bits per heavy atom. The van der Waals surface area contributed by atoms with Crippen molar-refractivity contribution < 1.29 is 4.79 Å². The minimum absolute atomic E-state index is 0.0197. The minimum Gasteiger partial charge on any atom is -0.345 e.